The topological polar surface area (TPSA) is 38.9 Å². The summed E-state index contributed by atoms with van der Waals surface area (Å²) in [6.07, 6.45) is 0. The highest BCUT2D eigenvalue weighted by Gasteiger charge is 2.19. The van der Waals surface area contributed by atoms with E-state index in [0.717, 1.165) is 5.69 Å². The van der Waals surface area contributed by atoms with Crippen LogP contribution in [0.5, 0.6) is 0 Å². The lowest BCUT2D eigenvalue weighted by Crippen LogP contribution is -2.17. The maximum atomic E-state index is 13.7. The first-order valence-electron chi connectivity index (χ1n) is 5.64. The molecule has 1 atom stereocenters. The van der Waals surface area contributed by atoms with Crippen LogP contribution in [0.25, 0.3) is 0 Å². The summed E-state index contributed by atoms with van der Waals surface area (Å²) < 4.78 is 27.3. The Labute approximate surface area is 104 Å². The van der Waals surface area contributed by atoms with Crippen molar-refractivity contribution >= 4 is 0 Å². The van der Waals surface area contributed by atoms with E-state index in [0.29, 0.717) is 11.3 Å². The second kappa shape index (κ2) is 4.82. The van der Waals surface area contributed by atoms with Crippen molar-refractivity contribution in [1.29, 1.82) is 0 Å². The Balaban J connectivity index is 2.51. The van der Waals surface area contributed by atoms with Crippen LogP contribution < -0.4 is 5.73 Å². The summed E-state index contributed by atoms with van der Waals surface area (Å²) in [4.78, 5) is 4.25. The normalized spacial score (nSPS) is 12.5. The number of aryl methyl sites for hydroxylation is 2. The maximum Gasteiger partial charge on any atom is 0.131 e. The molecule has 0 spiro atoms. The molecule has 2 aromatic rings. The molecule has 1 aromatic carbocycles. The van der Waals surface area contributed by atoms with Gasteiger partial charge < -0.3 is 5.73 Å². The molecule has 0 aliphatic carbocycles. The summed E-state index contributed by atoms with van der Waals surface area (Å²) in [6, 6.07) is 6.42. The van der Waals surface area contributed by atoms with E-state index in [1.165, 1.54) is 18.2 Å². The Morgan fingerprint density at radius 1 is 1.06 bits per heavy atom. The molecule has 1 unspecified atom stereocenters. The molecule has 0 aliphatic heterocycles. The predicted octanol–water partition coefficient (Wildman–Crippen LogP) is 3.02. The van der Waals surface area contributed by atoms with Crippen molar-refractivity contribution in [3.05, 3.63) is 64.5 Å². The number of hydrogen-bond donors (Lipinski definition) is 1. The maximum absolute atomic E-state index is 13.7. The summed E-state index contributed by atoms with van der Waals surface area (Å²) in [6.45, 7) is 3.63. The van der Waals surface area contributed by atoms with Gasteiger partial charge in [-0.15, -0.1) is 0 Å². The van der Waals surface area contributed by atoms with Crippen molar-refractivity contribution in [2.45, 2.75) is 19.9 Å². The number of aromatic nitrogens is 1. The SMILES string of the molecule is Cc1ccc(C(N)c2c(F)cccc2F)c(C)n1. The molecule has 0 fully saturated rings. The molecule has 18 heavy (non-hydrogen) atoms. The van der Waals surface area contributed by atoms with Gasteiger partial charge in [0.2, 0.25) is 0 Å². The highest BCUT2D eigenvalue weighted by atomic mass is 19.1. The van der Waals surface area contributed by atoms with Crippen LogP contribution in [0.15, 0.2) is 30.3 Å². The lowest BCUT2D eigenvalue weighted by atomic mass is 9.97. The van der Waals surface area contributed by atoms with Crippen molar-refractivity contribution in [3.63, 3.8) is 0 Å². The van der Waals surface area contributed by atoms with E-state index in [2.05, 4.69) is 4.98 Å². The number of halogens is 2. The Hall–Kier alpha value is -1.81. The van der Waals surface area contributed by atoms with Crippen molar-refractivity contribution in [2.24, 2.45) is 5.73 Å². The van der Waals surface area contributed by atoms with E-state index in [4.69, 9.17) is 5.73 Å². The molecular formula is C14H14F2N2. The lowest BCUT2D eigenvalue weighted by Gasteiger charge is -2.16. The van der Waals surface area contributed by atoms with Crippen LogP contribution >= 0.6 is 0 Å². The van der Waals surface area contributed by atoms with Crippen LogP contribution in [0.4, 0.5) is 8.78 Å². The molecule has 0 bridgehead atoms. The van der Waals surface area contributed by atoms with Crippen LogP contribution in [0, 0.1) is 25.5 Å². The van der Waals surface area contributed by atoms with Gasteiger partial charge in [0.05, 0.1) is 6.04 Å². The van der Waals surface area contributed by atoms with E-state index in [1.807, 2.05) is 6.92 Å². The molecule has 0 saturated carbocycles. The number of nitrogens with zero attached hydrogens (tertiary/aromatic N) is 1. The molecule has 0 radical (unpaired) electrons. The third kappa shape index (κ3) is 2.24. The summed E-state index contributed by atoms with van der Waals surface area (Å²) in [5.74, 6) is -1.27. The Morgan fingerprint density at radius 2 is 1.67 bits per heavy atom. The predicted molar refractivity (Wildman–Crippen MR) is 66.1 cm³/mol. The van der Waals surface area contributed by atoms with Crippen LogP contribution in [-0.4, -0.2) is 4.98 Å². The number of rotatable bonds is 2. The van der Waals surface area contributed by atoms with E-state index >= 15 is 0 Å². The zero-order valence-electron chi connectivity index (χ0n) is 10.2. The van der Waals surface area contributed by atoms with Gasteiger partial charge in [0, 0.05) is 17.0 Å². The van der Waals surface area contributed by atoms with E-state index in [-0.39, 0.29) is 5.56 Å². The molecule has 0 aliphatic rings. The lowest BCUT2D eigenvalue weighted by molar-refractivity contribution is 0.542. The second-order valence-corrected chi connectivity index (χ2v) is 4.24. The zero-order chi connectivity index (χ0) is 13.3. The largest absolute Gasteiger partial charge is 0.320 e. The molecule has 0 saturated heterocycles. The Kier molecular flexibility index (Phi) is 3.39. The molecule has 2 N–H and O–H groups in total. The first-order chi connectivity index (χ1) is 8.50. The molecule has 4 heteroatoms. The highest BCUT2D eigenvalue weighted by Crippen LogP contribution is 2.26. The summed E-state index contributed by atoms with van der Waals surface area (Å²) >= 11 is 0. The fourth-order valence-electron chi connectivity index (χ4n) is 1.99. The van der Waals surface area contributed by atoms with Crippen molar-refractivity contribution < 1.29 is 8.78 Å². The molecule has 1 heterocycles. The van der Waals surface area contributed by atoms with Crippen LogP contribution in [-0.2, 0) is 0 Å². The van der Waals surface area contributed by atoms with Gasteiger partial charge in [0.25, 0.3) is 0 Å². The first kappa shape index (κ1) is 12.6. The van der Waals surface area contributed by atoms with Crippen molar-refractivity contribution in [3.8, 4) is 0 Å². The molecule has 2 rings (SSSR count). The number of nitrogens with two attached hydrogens (primary N) is 1. The molecule has 1 aromatic heterocycles. The van der Waals surface area contributed by atoms with Gasteiger partial charge in [-0.3, -0.25) is 4.98 Å². The monoisotopic (exact) mass is 248 g/mol. The number of pyridine rings is 1. The third-order valence-corrected chi connectivity index (χ3v) is 2.91. The molecule has 0 amide bonds. The van der Waals surface area contributed by atoms with Crippen LogP contribution in [0.3, 0.4) is 0 Å². The number of hydrogen-bond acceptors (Lipinski definition) is 2. The van der Waals surface area contributed by atoms with Gasteiger partial charge in [-0.25, -0.2) is 8.78 Å². The Bertz CT molecular complexity index is 562. The van der Waals surface area contributed by atoms with E-state index in [9.17, 15) is 8.78 Å². The molecule has 94 valence electrons. The van der Waals surface area contributed by atoms with Crippen LogP contribution in [0.1, 0.15) is 28.6 Å². The van der Waals surface area contributed by atoms with Gasteiger partial charge in [-0.05, 0) is 37.6 Å². The quantitative estimate of drug-likeness (QED) is 0.887. The van der Waals surface area contributed by atoms with E-state index < -0.39 is 17.7 Å². The minimum Gasteiger partial charge on any atom is -0.320 e. The summed E-state index contributed by atoms with van der Waals surface area (Å²) in [7, 11) is 0. The highest BCUT2D eigenvalue weighted by molar-refractivity contribution is 5.35. The molecule has 2 nitrogen and oxygen atoms in total. The van der Waals surface area contributed by atoms with Gasteiger partial charge in [-0.1, -0.05) is 12.1 Å². The number of benzene rings is 1. The minimum atomic E-state index is -0.848. The average Bonchev–Trinajstić information content (AvgIpc) is 2.28. The summed E-state index contributed by atoms with van der Waals surface area (Å²) in [5, 5.41) is 0. The fourth-order valence-corrected chi connectivity index (χ4v) is 1.99. The smallest absolute Gasteiger partial charge is 0.131 e. The van der Waals surface area contributed by atoms with Gasteiger partial charge >= 0.3 is 0 Å². The minimum absolute atomic E-state index is 0.119. The van der Waals surface area contributed by atoms with Crippen molar-refractivity contribution in [1.82, 2.24) is 4.98 Å². The van der Waals surface area contributed by atoms with Gasteiger partial charge in [0.15, 0.2) is 0 Å². The fraction of sp³-hybridized carbons (Fsp3) is 0.214. The second-order valence-electron chi connectivity index (χ2n) is 4.24. The van der Waals surface area contributed by atoms with Gasteiger partial charge in [-0.2, -0.15) is 0 Å². The standard InChI is InChI=1S/C14H14F2N2/c1-8-6-7-10(9(2)18-8)14(17)13-11(15)4-3-5-12(13)16/h3-7,14H,17H2,1-2H3. The van der Waals surface area contributed by atoms with E-state index in [1.54, 1.807) is 19.1 Å². The zero-order valence-corrected chi connectivity index (χ0v) is 10.2. The Morgan fingerprint density at radius 3 is 2.22 bits per heavy atom. The third-order valence-electron chi connectivity index (χ3n) is 2.91. The first-order valence-corrected chi connectivity index (χ1v) is 5.64. The van der Waals surface area contributed by atoms with Crippen molar-refractivity contribution in [2.75, 3.05) is 0 Å². The summed E-state index contributed by atoms with van der Waals surface area (Å²) in [5.41, 5.74) is 7.99. The van der Waals surface area contributed by atoms with Gasteiger partial charge in [0.1, 0.15) is 11.6 Å². The average molecular weight is 248 g/mol. The molecular weight excluding hydrogens is 234 g/mol. The van der Waals surface area contributed by atoms with Crippen LogP contribution in [0.2, 0.25) is 0 Å².